The number of hydrogen-bond acceptors (Lipinski definition) is 8. The second-order valence-electron chi connectivity index (χ2n) is 8.98. The molecule has 1 aliphatic rings. The summed E-state index contributed by atoms with van der Waals surface area (Å²) in [6, 6.07) is 4.88. The second-order valence-corrected chi connectivity index (χ2v) is 8.98. The van der Waals surface area contributed by atoms with Crippen LogP contribution in [0.5, 0.6) is 5.75 Å². The van der Waals surface area contributed by atoms with Crippen molar-refractivity contribution in [2.75, 3.05) is 45.3 Å². The molecule has 1 atom stereocenters. The Bertz CT molecular complexity index is 1370. The van der Waals surface area contributed by atoms with Crippen molar-refractivity contribution in [2.24, 2.45) is 0 Å². The van der Waals surface area contributed by atoms with E-state index < -0.39 is 5.91 Å². The normalized spacial score (nSPS) is 15.3. The van der Waals surface area contributed by atoms with Crippen LogP contribution >= 0.6 is 0 Å². The largest absolute Gasteiger partial charge is 0.496 e. The van der Waals surface area contributed by atoms with Crippen LogP contribution in [-0.4, -0.2) is 81.6 Å². The van der Waals surface area contributed by atoms with E-state index in [0.29, 0.717) is 41.1 Å². The van der Waals surface area contributed by atoms with E-state index in [1.807, 2.05) is 0 Å². The van der Waals surface area contributed by atoms with Crippen LogP contribution in [0.15, 0.2) is 37.2 Å². The van der Waals surface area contributed by atoms with E-state index in [4.69, 9.17) is 10.5 Å². The average Bonchev–Trinajstić information content (AvgIpc) is 3.30. The first-order valence-electron chi connectivity index (χ1n) is 11.8. The van der Waals surface area contributed by atoms with Crippen molar-refractivity contribution in [1.82, 2.24) is 29.5 Å². The van der Waals surface area contributed by atoms with E-state index in [9.17, 15) is 14.4 Å². The molecule has 1 saturated heterocycles. The Kier molecular flexibility index (Phi) is 7.37. The Morgan fingerprint density at radius 2 is 2.08 bits per heavy atom. The number of rotatable bonds is 7. The van der Waals surface area contributed by atoms with Crippen LogP contribution in [0, 0.1) is 0 Å². The fourth-order valence-electron chi connectivity index (χ4n) is 4.37. The first-order chi connectivity index (χ1) is 17.7. The SMILES string of the molecule is C=CC(=O)N1CCCC(n2nc(C(=O)Nc3ccc(CC(=O)N(C)C)c(OC)c3)c3c(N)ncnc32)C1. The van der Waals surface area contributed by atoms with Crippen molar-refractivity contribution in [2.45, 2.75) is 25.3 Å². The van der Waals surface area contributed by atoms with Gasteiger partial charge in [0.2, 0.25) is 11.8 Å². The number of amides is 3. The Hall–Kier alpha value is -4.48. The number of carbonyl (C=O) groups excluding carboxylic acids is 3. The molecule has 3 heterocycles. The number of ether oxygens (including phenoxy) is 1. The molecular weight excluding hydrogens is 476 g/mol. The van der Waals surface area contributed by atoms with Crippen molar-refractivity contribution in [3.05, 3.63) is 48.4 Å². The molecule has 0 radical (unpaired) electrons. The van der Waals surface area contributed by atoms with Gasteiger partial charge in [-0.3, -0.25) is 14.4 Å². The number of likely N-dealkylation sites (N-methyl/N-ethyl adjacent to an activating group) is 1. The molecule has 0 aliphatic carbocycles. The molecule has 37 heavy (non-hydrogen) atoms. The van der Waals surface area contributed by atoms with Gasteiger partial charge in [-0.15, -0.1) is 0 Å². The lowest BCUT2D eigenvalue weighted by Gasteiger charge is -2.32. The van der Waals surface area contributed by atoms with E-state index in [1.54, 1.807) is 41.9 Å². The minimum absolute atomic E-state index is 0.0707. The molecule has 0 saturated carbocycles. The van der Waals surface area contributed by atoms with Crippen molar-refractivity contribution >= 4 is 40.3 Å². The molecule has 1 unspecified atom stereocenters. The maximum Gasteiger partial charge on any atom is 0.277 e. The highest BCUT2D eigenvalue weighted by atomic mass is 16.5. The monoisotopic (exact) mass is 506 g/mol. The summed E-state index contributed by atoms with van der Waals surface area (Å²) in [5.74, 6) is -0.123. The number of carbonyl (C=O) groups is 3. The topological polar surface area (TPSA) is 149 Å². The highest BCUT2D eigenvalue weighted by Crippen LogP contribution is 2.30. The average molecular weight is 507 g/mol. The molecule has 194 valence electrons. The van der Waals surface area contributed by atoms with Crippen LogP contribution in [0.2, 0.25) is 0 Å². The van der Waals surface area contributed by atoms with Crippen LogP contribution < -0.4 is 15.8 Å². The fraction of sp³-hybridized carbons (Fsp3) is 0.360. The molecule has 4 rings (SSSR count). The number of likely N-dealkylation sites (tertiary alicyclic amines) is 1. The highest BCUT2D eigenvalue weighted by molar-refractivity contribution is 6.13. The van der Waals surface area contributed by atoms with E-state index in [0.717, 1.165) is 12.8 Å². The van der Waals surface area contributed by atoms with Crippen LogP contribution in [-0.2, 0) is 16.0 Å². The van der Waals surface area contributed by atoms with Crippen molar-refractivity contribution in [3.8, 4) is 5.75 Å². The lowest BCUT2D eigenvalue weighted by atomic mass is 10.1. The third-order valence-electron chi connectivity index (χ3n) is 6.35. The van der Waals surface area contributed by atoms with Crippen LogP contribution in [0.4, 0.5) is 11.5 Å². The minimum atomic E-state index is -0.501. The number of benzene rings is 1. The third-order valence-corrected chi connectivity index (χ3v) is 6.35. The molecule has 2 aromatic heterocycles. The van der Waals surface area contributed by atoms with Gasteiger partial charge in [-0.1, -0.05) is 12.6 Å². The molecular formula is C25H30N8O4. The van der Waals surface area contributed by atoms with Gasteiger partial charge in [0.1, 0.15) is 17.9 Å². The van der Waals surface area contributed by atoms with Gasteiger partial charge >= 0.3 is 0 Å². The smallest absolute Gasteiger partial charge is 0.277 e. The minimum Gasteiger partial charge on any atom is -0.496 e. The summed E-state index contributed by atoms with van der Waals surface area (Å²) in [6.07, 6.45) is 4.31. The highest BCUT2D eigenvalue weighted by Gasteiger charge is 2.29. The first-order valence-corrected chi connectivity index (χ1v) is 11.8. The van der Waals surface area contributed by atoms with Crippen LogP contribution in [0.25, 0.3) is 11.0 Å². The number of hydrogen-bond donors (Lipinski definition) is 2. The number of nitrogens with one attached hydrogen (secondary N) is 1. The zero-order valence-corrected chi connectivity index (χ0v) is 21.1. The summed E-state index contributed by atoms with van der Waals surface area (Å²) in [5, 5.41) is 7.75. The maximum absolute atomic E-state index is 13.4. The number of nitrogen functional groups attached to an aromatic ring is 1. The summed E-state index contributed by atoms with van der Waals surface area (Å²) in [5.41, 5.74) is 7.80. The van der Waals surface area contributed by atoms with Gasteiger partial charge in [-0.2, -0.15) is 5.10 Å². The van der Waals surface area contributed by atoms with Gasteiger partial charge in [0.15, 0.2) is 11.3 Å². The fourth-order valence-corrected chi connectivity index (χ4v) is 4.37. The van der Waals surface area contributed by atoms with Gasteiger partial charge in [0.05, 0.1) is 25.0 Å². The van der Waals surface area contributed by atoms with Gasteiger partial charge in [-0.25, -0.2) is 14.6 Å². The molecule has 12 nitrogen and oxygen atoms in total. The summed E-state index contributed by atoms with van der Waals surface area (Å²) in [6.45, 7) is 4.61. The Labute approximate surface area is 214 Å². The van der Waals surface area contributed by atoms with Crippen molar-refractivity contribution in [1.29, 1.82) is 0 Å². The first kappa shape index (κ1) is 25.6. The number of anilines is 2. The molecule has 1 aliphatic heterocycles. The lowest BCUT2D eigenvalue weighted by Crippen LogP contribution is -2.40. The van der Waals surface area contributed by atoms with Crippen molar-refractivity contribution in [3.63, 3.8) is 0 Å². The standard InChI is InChI=1S/C25H30N8O4/c1-5-19(34)32-10-6-7-17(13-32)33-24-21(23(26)27-14-28-24)22(30-33)25(36)29-16-9-8-15(18(12-16)37-4)11-20(35)31(2)3/h5,8-9,12,14,17H,1,6-7,10-11,13H2,2-4H3,(H,29,36)(H2,26,27,28). The van der Waals surface area contributed by atoms with E-state index in [1.165, 1.54) is 24.4 Å². The Balaban J connectivity index is 1.64. The van der Waals surface area contributed by atoms with Crippen molar-refractivity contribution < 1.29 is 19.1 Å². The lowest BCUT2D eigenvalue weighted by molar-refractivity contribution is -0.128. The molecule has 3 amide bonds. The summed E-state index contributed by atoms with van der Waals surface area (Å²) in [4.78, 5) is 49.3. The number of aromatic nitrogens is 4. The molecule has 0 spiro atoms. The summed E-state index contributed by atoms with van der Waals surface area (Å²) < 4.78 is 7.10. The summed E-state index contributed by atoms with van der Waals surface area (Å²) >= 11 is 0. The van der Waals surface area contributed by atoms with E-state index >= 15 is 0 Å². The zero-order valence-electron chi connectivity index (χ0n) is 21.1. The van der Waals surface area contributed by atoms with Crippen LogP contribution in [0.1, 0.15) is 34.9 Å². The van der Waals surface area contributed by atoms with Gasteiger partial charge in [0.25, 0.3) is 5.91 Å². The number of nitrogens with two attached hydrogens (primary N) is 1. The predicted molar refractivity (Wildman–Crippen MR) is 138 cm³/mol. The van der Waals surface area contributed by atoms with E-state index in [2.05, 4.69) is 27.0 Å². The third kappa shape index (κ3) is 5.22. The second kappa shape index (κ2) is 10.6. The number of fused-ring (bicyclic) bond motifs is 1. The Morgan fingerprint density at radius 1 is 1.30 bits per heavy atom. The summed E-state index contributed by atoms with van der Waals surface area (Å²) in [7, 11) is 4.87. The number of piperidine rings is 1. The van der Waals surface area contributed by atoms with E-state index in [-0.39, 0.29) is 35.8 Å². The molecule has 0 bridgehead atoms. The zero-order chi connectivity index (χ0) is 26.7. The predicted octanol–water partition coefficient (Wildman–Crippen LogP) is 1.65. The van der Waals surface area contributed by atoms with Gasteiger partial charge in [-0.05, 0) is 25.0 Å². The molecule has 3 aromatic rings. The number of methoxy groups -OCH3 is 1. The Morgan fingerprint density at radius 3 is 2.78 bits per heavy atom. The molecule has 3 N–H and O–H groups in total. The molecule has 1 fully saturated rings. The van der Waals surface area contributed by atoms with Gasteiger partial charge in [0, 0.05) is 44.5 Å². The number of nitrogens with zero attached hydrogens (tertiary/aromatic N) is 6. The maximum atomic E-state index is 13.4. The quantitative estimate of drug-likeness (QED) is 0.460. The van der Waals surface area contributed by atoms with Gasteiger partial charge < -0.3 is 25.6 Å². The molecule has 1 aromatic carbocycles. The molecule has 12 heteroatoms. The van der Waals surface area contributed by atoms with Crippen LogP contribution in [0.3, 0.4) is 0 Å².